The van der Waals surface area contributed by atoms with Gasteiger partial charge in [0.2, 0.25) is 5.95 Å². The van der Waals surface area contributed by atoms with E-state index in [0.717, 1.165) is 5.75 Å². The van der Waals surface area contributed by atoms with Crippen LogP contribution in [-0.4, -0.2) is 59.5 Å². The lowest BCUT2D eigenvalue weighted by molar-refractivity contribution is -0.0288. The summed E-state index contributed by atoms with van der Waals surface area (Å²) in [6.07, 6.45) is -2.16. The summed E-state index contributed by atoms with van der Waals surface area (Å²) in [4.78, 5) is 22.1. The van der Waals surface area contributed by atoms with Gasteiger partial charge in [0.1, 0.15) is 12.2 Å². The van der Waals surface area contributed by atoms with Crippen LogP contribution in [0.1, 0.15) is 13.2 Å². The molecular formula is C12H17N5O4S. The van der Waals surface area contributed by atoms with Crippen LogP contribution in [0.3, 0.4) is 0 Å². The van der Waals surface area contributed by atoms with E-state index in [1.165, 1.54) is 10.9 Å². The van der Waals surface area contributed by atoms with Gasteiger partial charge in [-0.2, -0.15) is 16.7 Å². The minimum Gasteiger partial charge on any atom is -0.387 e. The minimum absolute atomic E-state index is 0.0506. The predicted octanol–water partition coefficient (Wildman–Crippen LogP) is -0.926. The van der Waals surface area contributed by atoms with Crippen molar-refractivity contribution in [1.82, 2.24) is 19.5 Å². The Morgan fingerprint density at radius 2 is 2.27 bits per heavy atom. The van der Waals surface area contributed by atoms with Gasteiger partial charge < -0.3 is 20.7 Å². The molecule has 120 valence electrons. The van der Waals surface area contributed by atoms with Crippen LogP contribution >= 0.6 is 11.8 Å². The maximum atomic E-state index is 11.8. The summed E-state index contributed by atoms with van der Waals surface area (Å²) in [6, 6.07) is 0. The fraction of sp³-hybridized carbons (Fsp3) is 0.583. The van der Waals surface area contributed by atoms with Crippen molar-refractivity contribution >= 4 is 28.9 Å². The molecule has 0 aromatic carbocycles. The number of nitrogens with two attached hydrogens (primary N) is 1. The maximum Gasteiger partial charge on any atom is 0.280 e. The first kappa shape index (κ1) is 15.3. The van der Waals surface area contributed by atoms with E-state index in [4.69, 9.17) is 10.5 Å². The number of H-pyrrole nitrogens is 1. The van der Waals surface area contributed by atoms with Crippen molar-refractivity contribution in [3.8, 4) is 0 Å². The van der Waals surface area contributed by atoms with Gasteiger partial charge in [0.15, 0.2) is 17.4 Å². The third kappa shape index (κ3) is 2.47. The number of hydrogen-bond acceptors (Lipinski definition) is 8. The van der Waals surface area contributed by atoms with Crippen LogP contribution in [0, 0.1) is 0 Å². The van der Waals surface area contributed by atoms with E-state index in [1.807, 2.05) is 6.92 Å². The Morgan fingerprint density at radius 1 is 1.50 bits per heavy atom. The molecule has 22 heavy (non-hydrogen) atoms. The summed E-state index contributed by atoms with van der Waals surface area (Å²) in [5, 5.41) is 20.3. The number of rotatable bonds is 4. The van der Waals surface area contributed by atoms with E-state index in [1.54, 1.807) is 11.8 Å². The van der Waals surface area contributed by atoms with Crippen molar-refractivity contribution in [1.29, 1.82) is 0 Å². The van der Waals surface area contributed by atoms with Gasteiger partial charge in [-0.1, -0.05) is 6.92 Å². The molecule has 1 fully saturated rings. The van der Waals surface area contributed by atoms with Crippen LogP contribution in [0.25, 0.3) is 11.2 Å². The lowest BCUT2D eigenvalue weighted by atomic mass is 10.1. The first-order chi connectivity index (χ1) is 10.5. The summed E-state index contributed by atoms with van der Waals surface area (Å²) in [7, 11) is 0. The summed E-state index contributed by atoms with van der Waals surface area (Å²) in [5.41, 5.74) is 5.39. The van der Waals surface area contributed by atoms with Crippen molar-refractivity contribution in [3.05, 3.63) is 16.7 Å². The second kappa shape index (κ2) is 5.88. The van der Waals surface area contributed by atoms with Crippen LogP contribution < -0.4 is 11.3 Å². The van der Waals surface area contributed by atoms with Gasteiger partial charge in [-0.05, 0) is 5.75 Å². The molecule has 1 aliphatic heterocycles. The van der Waals surface area contributed by atoms with E-state index in [9.17, 15) is 15.0 Å². The molecule has 5 N–H and O–H groups in total. The Bertz CT molecular complexity index is 732. The third-order valence-corrected chi connectivity index (χ3v) is 4.52. The van der Waals surface area contributed by atoms with E-state index in [2.05, 4.69) is 15.0 Å². The molecule has 4 unspecified atom stereocenters. The Hall–Kier alpha value is -1.62. The average molecular weight is 327 g/mol. The second-order valence-electron chi connectivity index (χ2n) is 4.98. The molecule has 4 atom stereocenters. The molecule has 0 amide bonds. The number of ether oxygens (including phenoxy) is 1. The van der Waals surface area contributed by atoms with Gasteiger partial charge in [0.05, 0.1) is 12.4 Å². The normalized spacial score (nSPS) is 28.5. The van der Waals surface area contributed by atoms with Crippen LogP contribution in [0.15, 0.2) is 11.1 Å². The molecule has 0 saturated carbocycles. The molecule has 0 spiro atoms. The maximum absolute atomic E-state index is 11.8. The second-order valence-corrected chi connectivity index (χ2v) is 6.30. The van der Waals surface area contributed by atoms with Crippen molar-refractivity contribution in [2.24, 2.45) is 0 Å². The fourth-order valence-corrected chi connectivity index (χ4v) is 3.20. The zero-order chi connectivity index (χ0) is 15.9. The number of nitrogens with zero attached hydrogens (tertiary/aromatic N) is 3. The quantitative estimate of drug-likeness (QED) is 0.565. The number of thioether (sulfide) groups is 1. The van der Waals surface area contributed by atoms with Gasteiger partial charge in [0.25, 0.3) is 5.56 Å². The number of aromatic nitrogens is 4. The number of nitrogens with one attached hydrogen (secondary N) is 1. The van der Waals surface area contributed by atoms with Crippen LogP contribution in [0.2, 0.25) is 0 Å². The number of fused-ring (bicyclic) bond motifs is 1. The van der Waals surface area contributed by atoms with Crippen LogP contribution in [0.4, 0.5) is 5.95 Å². The number of aliphatic hydroxyl groups excluding tert-OH is 2. The smallest absolute Gasteiger partial charge is 0.280 e. The topological polar surface area (TPSA) is 139 Å². The van der Waals surface area contributed by atoms with E-state index in [-0.39, 0.29) is 17.1 Å². The average Bonchev–Trinajstić information content (AvgIpc) is 3.00. The Morgan fingerprint density at radius 3 is 3.00 bits per heavy atom. The zero-order valence-corrected chi connectivity index (χ0v) is 12.7. The third-order valence-electron chi connectivity index (χ3n) is 3.55. The van der Waals surface area contributed by atoms with E-state index in [0.29, 0.717) is 5.75 Å². The molecule has 3 heterocycles. The van der Waals surface area contributed by atoms with Crippen molar-refractivity contribution in [3.63, 3.8) is 0 Å². The van der Waals surface area contributed by atoms with Crippen molar-refractivity contribution in [2.45, 2.75) is 31.5 Å². The first-order valence-electron chi connectivity index (χ1n) is 6.84. The summed E-state index contributed by atoms with van der Waals surface area (Å²) in [6.45, 7) is 2.00. The van der Waals surface area contributed by atoms with Gasteiger partial charge >= 0.3 is 0 Å². The number of hydrogen-bond donors (Lipinski definition) is 4. The fourth-order valence-electron chi connectivity index (χ4n) is 2.46. The van der Waals surface area contributed by atoms with Crippen LogP contribution in [-0.2, 0) is 4.74 Å². The largest absolute Gasteiger partial charge is 0.387 e. The van der Waals surface area contributed by atoms with Gasteiger partial charge in [0, 0.05) is 5.75 Å². The summed E-state index contributed by atoms with van der Waals surface area (Å²) in [5.74, 6) is 1.40. The lowest BCUT2D eigenvalue weighted by Crippen LogP contribution is -2.32. The number of aromatic amines is 1. The Kier molecular flexibility index (Phi) is 4.08. The van der Waals surface area contributed by atoms with Gasteiger partial charge in [-0.25, -0.2) is 4.98 Å². The summed E-state index contributed by atoms with van der Waals surface area (Å²) >= 11 is 1.61. The molecule has 2 aromatic rings. The number of nitrogen functional groups attached to an aromatic ring is 1. The first-order valence-corrected chi connectivity index (χ1v) is 8.00. The predicted molar refractivity (Wildman–Crippen MR) is 81.5 cm³/mol. The van der Waals surface area contributed by atoms with Crippen LogP contribution in [0.5, 0.6) is 0 Å². The highest BCUT2D eigenvalue weighted by Gasteiger charge is 2.44. The molecule has 2 aromatic heterocycles. The monoisotopic (exact) mass is 327 g/mol. The minimum atomic E-state index is -1.14. The zero-order valence-electron chi connectivity index (χ0n) is 11.8. The molecule has 1 saturated heterocycles. The molecule has 10 heteroatoms. The van der Waals surface area contributed by atoms with E-state index < -0.39 is 30.1 Å². The molecule has 3 rings (SSSR count). The highest BCUT2D eigenvalue weighted by molar-refractivity contribution is 7.99. The van der Waals surface area contributed by atoms with Gasteiger partial charge in [-0.3, -0.25) is 14.3 Å². The summed E-state index contributed by atoms with van der Waals surface area (Å²) < 4.78 is 7.15. The molecule has 9 nitrogen and oxygen atoms in total. The number of imidazole rings is 1. The van der Waals surface area contributed by atoms with Gasteiger partial charge in [-0.15, -0.1) is 0 Å². The highest BCUT2D eigenvalue weighted by Crippen LogP contribution is 2.32. The molecule has 0 aliphatic carbocycles. The molecule has 0 radical (unpaired) electrons. The number of aliphatic hydroxyl groups is 2. The Balaban J connectivity index is 1.96. The highest BCUT2D eigenvalue weighted by atomic mass is 32.2. The number of anilines is 1. The van der Waals surface area contributed by atoms with Crippen molar-refractivity contribution in [2.75, 3.05) is 17.2 Å². The molecular weight excluding hydrogens is 310 g/mol. The Labute approximate surface area is 129 Å². The lowest BCUT2D eigenvalue weighted by Gasteiger charge is -2.16. The molecule has 1 aliphatic rings. The SMILES string of the molecule is CCSCC1OC(n2cnc3c(=O)[nH]c(N)nc32)C(O)C1O. The van der Waals surface area contributed by atoms with Crippen molar-refractivity contribution < 1.29 is 14.9 Å². The molecule has 0 bridgehead atoms. The standard InChI is InChI=1S/C12H17N5O4S/c1-2-22-3-5-7(18)8(19)11(21-5)17-4-14-6-9(17)15-12(13)16-10(6)20/h4-5,7-8,11,18-19H,2-3H2,1H3,(H3,13,15,16,20). The van der Waals surface area contributed by atoms with E-state index >= 15 is 0 Å².